The normalized spacial score (nSPS) is 15.8. The van der Waals surface area contributed by atoms with E-state index in [1.165, 1.54) is 0 Å². The predicted molar refractivity (Wildman–Crippen MR) is 122 cm³/mol. The number of fused-ring (bicyclic) bond motifs is 1. The van der Waals surface area contributed by atoms with E-state index in [0.717, 1.165) is 11.1 Å². The average molecular weight is 435 g/mol. The molecule has 0 saturated heterocycles. The van der Waals surface area contributed by atoms with Crippen LogP contribution >= 0.6 is 11.6 Å². The molecule has 0 radical (unpaired) electrons. The van der Waals surface area contributed by atoms with Crippen LogP contribution in [-0.4, -0.2) is 29.4 Å². The van der Waals surface area contributed by atoms with Gasteiger partial charge in [-0.2, -0.15) is 0 Å². The highest BCUT2D eigenvalue weighted by molar-refractivity contribution is 6.30. The Morgan fingerprint density at radius 1 is 1.06 bits per heavy atom. The lowest BCUT2D eigenvalue weighted by atomic mass is 9.95. The second kappa shape index (κ2) is 8.82. The molecule has 1 aliphatic heterocycles. The lowest BCUT2D eigenvalue weighted by Gasteiger charge is -2.30. The smallest absolute Gasteiger partial charge is 0.255 e. The van der Waals surface area contributed by atoms with Crippen LogP contribution in [0, 0.1) is 0 Å². The van der Waals surface area contributed by atoms with Gasteiger partial charge < -0.3 is 15.0 Å². The van der Waals surface area contributed by atoms with Crippen LogP contribution in [0.5, 0.6) is 5.75 Å². The van der Waals surface area contributed by atoms with Crippen LogP contribution in [0.3, 0.4) is 0 Å². The first kappa shape index (κ1) is 20.9. The maximum absolute atomic E-state index is 13.6. The van der Waals surface area contributed by atoms with E-state index in [2.05, 4.69) is 5.32 Å². The molecule has 1 heterocycles. The molecule has 1 atom stereocenters. The summed E-state index contributed by atoms with van der Waals surface area (Å²) in [6.45, 7) is 3.82. The summed E-state index contributed by atoms with van der Waals surface area (Å²) in [5.74, 6) is 0.194. The molecule has 5 nitrogen and oxygen atoms in total. The number of halogens is 1. The molecule has 1 aliphatic rings. The first-order valence-electron chi connectivity index (χ1n) is 10.1. The number of nitrogens with zero attached hydrogens (tertiary/aromatic N) is 1. The molecule has 0 aliphatic carbocycles. The number of anilines is 1. The molecule has 4 rings (SSSR count). The molecular weight excluding hydrogens is 412 g/mol. The number of hydrogen-bond acceptors (Lipinski definition) is 3. The van der Waals surface area contributed by atoms with Crippen LogP contribution in [0.25, 0.3) is 0 Å². The van der Waals surface area contributed by atoms with Crippen molar-refractivity contribution >= 4 is 29.1 Å². The highest BCUT2D eigenvalue weighted by Gasteiger charge is 2.34. The Bertz CT molecular complexity index is 1100. The summed E-state index contributed by atoms with van der Waals surface area (Å²) in [5, 5.41) is 3.45. The van der Waals surface area contributed by atoms with Gasteiger partial charge in [-0.3, -0.25) is 9.59 Å². The van der Waals surface area contributed by atoms with Crippen LogP contribution in [0.1, 0.15) is 41.4 Å². The van der Waals surface area contributed by atoms with Crippen LogP contribution < -0.4 is 10.1 Å². The lowest BCUT2D eigenvalue weighted by molar-refractivity contribution is -0.117. The fraction of sp³-hybridized carbons (Fsp3) is 0.200. The van der Waals surface area contributed by atoms with E-state index in [-0.39, 0.29) is 24.5 Å². The van der Waals surface area contributed by atoms with Crippen molar-refractivity contribution in [3.8, 4) is 5.75 Å². The predicted octanol–water partition coefficient (Wildman–Crippen LogP) is 5.31. The Morgan fingerprint density at radius 2 is 1.77 bits per heavy atom. The fourth-order valence-corrected chi connectivity index (χ4v) is 3.96. The first-order valence-corrected chi connectivity index (χ1v) is 10.5. The van der Waals surface area contributed by atoms with Gasteiger partial charge in [0, 0.05) is 21.8 Å². The molecule has 3 aromatic carbocycles. The highest BCUT2D eigenvalue weighted by Crippen LogP contribution is 2.38. The van der Waals surface area contributed by atoms with Crippen molar-refractivity contribution in [2.24, 2.45) is 0 Å². The standard InChI is InChI=1S/C25H23ClN2O3/c1-16(2)31-20-11-8-18(9-12-20)25(30)28-15-23(29)27-22-13-10-19(26)14-21(22)24(28)17-6-4-3-5-7-17/h3-14,16,24H,15H2,1-2H3,(H,27,29)/t24-/m0/s1. The molecule has 6 heteroatoms. The van der Waals surface area contributed by atoms with Gasteiger partial charge in [0.2, 0.25) is 5.91 Å². The number of amides is 2. The Kier molecular flexibility index (Phi) is 5.96. The van der Waals surface area contributed by atoms with Gasteiger partial charge in [0.15, 0.2) is 0 Å². The summed E-state index contributed by atoms with van der Waals surface area (Å²) < 4.78 is 5.68. The van der Waals surface area contributed by atoms with Crippen LogP contribution in [0.2, 0.25) is 5.02 Å². The molecule has 158 valence electrons. The Morgan fingerprint density at radius 3 is 2.45 bits per heavy atom. The summed E-state index contributed by atoms with van der Waals surface area (Å²) >= 11 is 6.29. The van der Waals surface area contributed by atoms with Crippen molar-refractivity contribution < 1.29 is 14.3 Å². The zero-order chi connectivity index (χ0) is 22.0. The maximum atomic E-state index is 13.6. The summed E-state index contributed by atoms with van der Waals surface area (Å²) in [7, 11) is 0. The van der Waals surface area contributed by atoms with Crippen molar-refractivity contribution in [2.75, 3.05) is 11.9 Å². The van der Waals surface area contributed by atoms with Gasteiger partial charge >= 0.3 is 0 Å². The number of hydrogen-bond donors (Lipinski definition) is 1. The molecule has 0 bridgehead atoms. The van der Waals surface area contributed by atoms with E-state index in [1.54, 1.807) is 47.4 Å². The SMILES string of the molecule is CC(C)Oc1ccc(C(=O)N2CC(=O)Nc3ccc(Cl)cc3[C@@H]2c2ccccc2)cc1. The minimum Gasteiger partial charge on any atom is -0.491 e. The lowest BCUT2D eigenvalue weighted by Crippen LogP contribution is -2.39. The van der Waals surface area contributed by atoms with E-state index in [4.69, 9.17) is 16.3 Å². The molecule has 0 unspecified atom stereocenters. The third kappa shape index (κ3) is 4.57. The average Bonchev–Trinajstić information content (AvgIpc) is 2.89. The van der Waals surface area contributed by atoms with E-state index < -0.39 is 6.04 Å². The number of benzene rings is 3. The van der Waals surface area contributed by atoms with Crippen molar-refractivity contribution in [1.82, 2.24) is 4.90 Å². The van der Waals surface area contributed by atoms with Crippen LogP contribution in [0.4, 0.5) is 5.69 Å². The quantitative estimate of drug-likeness (QED) is 0.605. The van der Waals surface area contributed by atoms with E-state index >= 15 is 0 Å². The van der Waals surface area contributed by atoms with E-state index in [1.807, 2.05) is 44.2 Å². The summed E-state index contributed by atoms with van der Waals surface area (Å²) in [6.07, 6.45) is 0.0413. The van der Waals surface area contributed by atoms with Gasteiger partial charge in [-0.15, -0.1) is 0 Å². The number of ether oxygens (including phenoxy) is 1. The fourth-order valence-electron chi connectivity index (χ4n) is 3.78. The molecule has 0 aromatic heterocycles. The molecule has 0 saturated carbocycles. The largest absolute Gasteiger partial charge is 0.491 e. The number of nitrogens with one attached hydrogen (secondary N) is 1. The topological polar surface area (TPSA) is 58.6 Å². The van der Waals surface area contributed by atoms with Gasteiger partial charge in [-0.25, -0.2) is 0 Å². The van der Waals surface area contributed by atoms with Crippen molar-refractivity contribution in [3.63, 3.8) is 0 Å². The minimum absolute atomic E-state index is 0.0413. The number of carbonyl (C=O) groups excluding carboxylic acids is 2. The zero-order valence-electron chi connectivity index (χ0n) is 17.3. The van der Waals surface area contributed by atoms with Crippen molar-refractivity contribution in [2.45, 2.75) is 26.0 Å². The van der Waals surface area contributed by atoms with Crippen molar-refractivity contribution in [1.29, 1.82) is 0 Å². The molecular formula is C25H23ClN2O3. The van der Waals surface area contributed by atoms with Gasteiger partial charge in [0.1, 0.15) is 12.3 Å². The third-order valence-electron chi connectivity index (χ3n) is 5.06. The van der Waals surface area contributed by atoms with Gasteiger partial charge in [0.05, 0.1) is 12.1 Å². The second-order valence-electron chi connectivity index (χ2n) is 7.72. The molecule has 0 fully saturated rings. The Labute approximate surface area is 186 Å². The number of rotatable bonds is 4. The minimum atomic E-state index is -0.465. The van der Waals surface area contributed by atoms with E-state index in [0.29, 0.717) is 22.0 Å². The molecule has 0 spiro atoms. The zero-order valence-corrected chi connectivity index (χ0v) is 18.1. The molecule has 31 heavy (non-hydrogen) atoms. The summed E-state index contributed by atoms with van der Waals surface area (Å²) in [6, 6.07) is 21.5. The van der Waals surface area contributed by atoms with Crippen LogP contribution in [-0.2, 0) is 4.79 Å². The second-order valence-corrected chi connectivity index (χ2v) is 8.15. The summed E-state index contributed by atoms with van der Waals surface area (Å²) in [4.78, 5) is 27.8. The van der Waals surface area contributed by atoms with Gasteiger partial charge in [0.25, 0.3) is 5.91 Å². The molecule has 3 aromatic rings. The third-order valence-corrected chi connectivity index (χ3v) is 5.29. The monoisotopic (exact) mass is 434 g/mol. The summed E-state index contributed by atoms with van der Waals surface area (Å²) in [5.41, 5.74) is 2.81. The molecule has 2 amide bonds. The maximum Gasteiger partial charge on any atom is 0.255 e. The van der Waals surface area contributed by atoms with Crippen molar-refractivity contribution in [3.05, 3.63) is 94.5 Å². The van der Waals surface area contributed by atoms with E-state index in [9.17, 15) is 9.59 Å². The van der Waals surface area contributed by atoms with Gasteiger partial charge in [-0.1, -0.05) is 41.9 Å². The molecule has 1 N–H and O–H groups in total. The highest BCUT2D eigenvalue weighted by atomic mass is 35.5. The number of carbonyl (C=O) groups is 2. The Hall–Kier alpha value is -3.31. The first-order chi connectivity index (χ1) is 14.9. The Balaban J connectivity index is 1.78. The van der Waals surface area contributed by atoms with Crippen LogP contribution in [0.15, 0.2) is 72.8 Å². The van der Waals surface area contributed by atoms with Gasteiger partial charge in [-0.05, 0) is 61.9 Å².